The molecule has 0 radical (unpaired) electrons. The number of hydrogen-bond donors (Lipinski definition) is 2. The molecule has 0 saturated carbocycles. The van der Waals surface area contributed by atoms with Crippen LogP contribution in [0.4, 0.5) is 11.4 Å². The Morgan fingerprint density at radius 1 is 0.811 bits per heavy atom. The third-order valence-corrected chi connectivity index (χ3v) is 7.96. The largest absolute Gasteiger partial charge is 0.493 e. The van der Waals surface area contributed by atoms with Gasteiger partial charge in [0.15, 0.2) is 0 Å². The predicted octanol–water partition coefficient (Wildman–Crippen LogP) is 6.53. The molecule has 0 bridgehead atoms. The van der Waals surface area contributed by atoms with Crippen LogP contribution in [-0.4, -0.2) is 26.7 Å². The van der Waals surface area contributed by atoms with Crippen LogP contribution in [0, 0.1) is 13.8 Å². The summed E-state index contributed by atoms with van der Waals surface area (Å²) in [5.41, 5.74) is 3.22. The SMILES string of the molecule is Cc1cccc(C)c1NS(=O)(=O)c1ccc(NC(=O)c2ccc(OCCSc3ccccc3)cc2)cc1. The van der Waals surface area contributed by atoms with Gasteiger partial charge < -0.3 is 10.1 Å². The minimum Gasteiger partial charge on any atom is -0.493 e. The van der Waals surface area contributed by atoms with E-state index in [-0.39, 0.29) is 10.8 Å². The fourth-order valence-corrected chi connectivity index (χ4v) is 5.58. The van der Waals surface area contributed by atoms with E-state index in [9.17, 15) is 13.2 Å². The number of para-hydroxylation sites is 1. The summed E-state index contributed by atoms with van der Waals surface area (Å²) in [6.45, 7) is 4.26. The Kier molecular flexibility index (Phi) is 8.53. The summed E-state index contributed by atoms with van der Waals surface area (Å²) in [4.78, 5) is 14.0. The summed E-state index contributed by atoms with van der Waals surface area (Å²) in [6, 6.07) is 28.7. The molecule has 37 heavy (non-hydrogen) atoms. The minimum absolute atomic E-state index is 0.111. The Balaban J connectivity index is 1.30. The number of hydrogen-bond acceptors (Lipinski definition) is 5. The number of nitrogens with one attached hydrogen (secondary N) is 2. The third kappa shape index (κ3) is 7.15. The first-order valence-corrected chi connectivity index (χ1v) is 14.2. The van der Waals surface area contributed by atoms with Crippen LogP contribution in [0.25, 0.3) is 0 Å². The van der Waals surface area contributed by atoms with E-state index >= 15 is 0 Å². The number of amides is 1. The highest BCUT2D eigenvalue weighted by molar-refractivity contribution is 7.99. The van der Waals surface area contributed by atoms with Crippen LogP contribution < -0.4 is 14.8 Å². The van der Waals surface area contributed by atoms with Gasteiger partial charge in [0.25, 0.3) is 15.9 Å². The van der Waals surface area contributed by atoms with E-state index in [4.69, 9.17) is 4.74 Å². The Morgan fingerprint density at radius 2 is 1.46 bits per heavy atom. The maximum Gasteiger partial charge on any atom is 0.261 e. The second kappa shape index (κ2) is 12.0. The molecule has 4 aromatic rings. The number of thioether (sulfide) groups is 1. The van der Waals surface area contributed by atoms with Crippen molar-refractivity contribution in [3.63, 3.8) is 0 Å². The molecule has 0 aromatic heterocycles. The maximum atomic E-state index is 12.8. The van der Waals surface area contributed by atoms with Crippen LogP contribution in [0.5, 0.6) is 5.75 Å². The van der Waals surface area contributed by atoms with Gasteiger partial charge in [0.1, 0.15) is 5.75 Å². The summed E-state index contributed by atoms with van der Waals surface area (Å²) >= 11 is 1.72. The van der Waals surface area contributed by atoms with Crippen molar-refractivity contribution in [1.82, 2.24) is 0 Å². The molecule has 8 heteroatoms. The van der Waals surface area contributed by atoms with Gasteiger partial charge in [-0.2, -0.15) is 0 Å². The molecule has 0 heterocycles. The molecule has 0 aliphatic rings. The molecule has 4 aromatic carbocycles. The molecule has 4 rings (SSSR count). The van der Waals surface area contributed by atoms with Crippen molar-refractivity contribution in [1.29, 1.82) is 0 Å². The molecular formula is C29H28N2O4S2. The Labute approximate surface area is 222 Å². The van der Waals surface area contributed by atoms with Gasteiger partial charge in [-0.1, -0.05) is 36.4 Å². The summed E-state index contributed by atoms with van der Waals surface area (Å²) in [6.07, 6.45) is 0. The number of rotatable bonds is 10. The second-order valence-corrected chi connectivity index (χ2v) is 11.2. The molecular weight excluding hydrogens is 504 g/mol. The molecule has 0 aliphatic carbocycles. The van der Waals surface area contributed by atoms with Crippen LogP contribution in [0.1, 0.15) is 21.5 Å². The molecule has 6 nitrogen and oxygen atoms in total. The van der Waals surface area contributed by atoms with Gasteiger partial charge in [-0.05, 0) is 85.6 Å². The lowest BCUT2D eigenvalue weighted by molar-refractivity contribution is 0.102. The molecule has 1 amide bonds. The van der Waals surface area contributed by atoms with Crippen LogP contribution in [-0.2, 0) is 10.0 Å². The highest BCUT2D eigenvalue weighted by atomic mass is 32.2. The monoisotopic (exact) mass is 532 g/mol. The molecule has 0 saturated heterocycles. The van der Waals surface area contributed by atoms with Gasteiger partial charge in [-0.25, -0.2) is 8.42 Å². The van der Waals surface area contributed by atoms with Crippen molar-refractivity contribution in [3.05, 3.63) is 114 Å². The van der Waals surface area contributed by atoms with Crippen molar-refractivity contribution in [3.8, 4) is 5.75 Å². The van der Waals surface area contributed by atoms with Crippen molar-refractivity contribution < 1.29 is 17.9 Å². The molecule has 0 atom stereocenters. The summed E-state index contributed by atoms with van der Waals surface area (Å²) < 4.78 is 34.1. The van der Waals surface area contributed by atoms with E-state index in [1.807, 2.05) is 50.2 Å². The number of sulfonamides is 1. The number of anilines is 2. The Morgan fingerprint density at radius 3 is 2.11 bits per heavy atom. The van der Waals surface area contributed by atoms with E-state index < -0.39 is 10.0 Å². The Bertz CT molecular complexity index is 1430. The fourth-order valence-electron chi connectivity index (χ4n) is 3.63. The zero-order chi connectivity index (χ0) is 26.3. The zero-order valence-corrected chi connectivity index (χ0v) is 22.2. The summed E-state index contributed by atoms with van der Waals surface area (Å²) in [5.74, 6) is 1.21. The predicted molar refractivity (Wildman–Crippen MR) is 150 cm³/mol. The second-order valence-electron chi connectivity index (χ2n) is 8.39. The lowest BCUT2D eigenvalue weighted by Gasteiger charge is -2.13. The number of carbonyl (C=O) groups excluding carboxylic acids is 1. The van der Waals surface area contributed by atoms with Crippen molar-refractivity contribution >= 4 is 39.1 Å². The van der Waals surface area contributed by atoms with Crippen molar-refractivity contribution in [2.75, 3.05) is 22.4 Å². The average Bonchev–Trinajstić information content (AvgIpc) is 2.90. The Hall–Kier alpha value is -3.75. The smallest absolute Gasteiger partial charge is 0.261 e. The minimum atomic E-state index is -3.76. The quantitative estimate of drug-likeness (QED) is 0.179. The van der Waals surface area contributed by atoms with E-state index in [1.165, 1.54) is 17.0 Å². The van der Waals surface area contributed by atoms with Crippen molar-refractivity contribution in [2.45, 2.75) is 23.6 Å². The normalized spacial score (nSPS) is 11.1. The molecule has 0 aliphatic heterocycles. The van der Waals surface area contributed by atoms with Gasteiger partial charge >= 0.3 is 0 Å². The van der Waals surface area contributed by atoms with Crippen LogP contribution in [0.3, 0.4) is 0 Å². The topological polar surface area (TPSA) is 84.5 Å². The van der Waals surface area contributed by atoms with Crippen molar-refractivity contribution in [2.24, 2.45) is 0 Å². The lowest BCUT2D eigenvalue weighted by atomic mass is 10.1. The first-order chi connectivity index (χ1) is 17.8. The number of aryl methyl sites for hydroxylation is 2. The van der Waals surface area contributed by atoms with Crippen LogP contribution in [0.2, 0.25) is 0 Å². The van der Waals surface area contributed by atoms with E-state index in [1.54, 1.807) is 48.2 Å². The van der Waals surface area contributed by atoms with E-state index in [0.717, 1.165) is 16.9 Å². The van der Waals surface area contributed by atoms with Crippen LogP contribution >= 0.6 is 11.8 Å². The van der Waals surface area contributed by atoms with Gasteiger partial charge in [-0.3, -0.25) is 9.52 Å². The van der Waals surface area contributed by atoms with Crippen LogP contribution in [0.15, 0.2) is 107 Å². The van der Waals surface area contributed by atoms with E-state index in [0.29, 0.717) is 29.3 Å². The number of carbonyl (C=O) groups is 1. The molecule has 0 spiro atoms. The molecule has 2 N–H and O–H groups in total. The molecule has 190 valence electrons. The van der Waals surface area contributed by atoms with Gasteiger partial charge in [-0.15, -0.1) is 11.8 Å². The summed E-state index contributed by atoms with van der Waals surface area (Å²) in [7, 11) is -3.76. The molecule has 0 fully saturated rings. The first kappa shape index (κ1) is 26.3. The zero-order valence-electron chi connectivity index (χ0n) is 20.6. The van der Waals surface area contributed by atoms with Gasteiger partial charge in [0.05, 0.1) is 17.2 Å². The summed E-state index contributed by atoms with van der Waals surface area (Å²) in [5, 5.41) is 2.80. The fraction of sp³-hybridized carbons (Fsp3) is 0.138. The third-order valence-electron chi connectivity index (χ3n) is 5.62. The lowest BCUT2D eigenvalue weighted by Crippen LogP contribution is -2.15. The standard InChI is InChI=1S/C29H28N2O4S2/c1-21-7-6-8-22(2)28(21)31-37(33,34)27-17-13-24(14-18-27)30-29(32)23-11-15-25(16-12-23)35-19-20-36-26-9-4-3-5-10-26/h3-18,31H,19-20H2,1-2H3,(H,30,32). The average molecular weight is 533 g/mol. The molecule has 0 unspecified atom stereocenters. The highest BCUT2D eigenvalue weighted by Gasteiger charge is 2.17. The number of ether oxygens (including phenoxy) is 1. The highest BCUT2D eigenvalue weighted by Crippen LogP contribution is 2.24. The van der Waals surface area contributed by atoms with Gasteiger partial charge in [0, 0.05) is 21.9 Å². The van der Waals surface area contributed by atoms with Gasteiger partial charge in [0.2, 0.25) is 0 Å². The first-order valence-electron chi connectivity index (χ1n) is 11.7. The van der Waals surface area contributed by atoms with E-state index in [2.05, 4.69) is 22.2 Å². The maximum absolute atomic E-state index is 12.8. The number of benzene rings is 4.